The lowest BCUT2D eigenvalue weighted by molar-refractivity contribution is -0.137. The summed E-state index contributed by atoms with van der Waals surface area (Å²) in [4.78, 5) is 4.02. The fraction of sp³-hybridized carbons (Fsp3) is 0.130. The zero-order valence-electron chi connectivity index (χ0n) is 15.9. The normalized spacial score (nSPS) is 12.7. The van der Waals surface area contributed by atoms with Crippen LogP contribution in [0.2, 0.25) is 0 Å². The van der Waals surface area contributed by atoms with E-state index in [2.05, 4.69) is 10.1 Å². The van der Waals surface area contributed by atoms with Gasteiger partial charge in [0.05, 0.1) is 11.1 Å². The van der Waals surface area contributed by atoms with Gasteiger partial charge in [0.2, 0.25) is 0 Å². The predicted molar refractivity (Wildman–Crippen MR) is 105 cm³/mol. The SMILES string of the molecule is Cc1ccc(-c2onc(-c3cccc(C(F)(F)F)c3)c2[C@H](O)c2cccnc2)cc1. The maximum absolute atomic E-state index is 13.2. The zero-order valence-corrected chi connectivity index (χ0v) is 15.9. The predicted octanol–water partition coefficient (Wildman–Crippen LogP) is 5.81. The van der Waals surface area contributed by atoms with Gasteiger partial charge in [-0.05, 0) is 25.1 Å². The molecule has 0 saturated carbocycles. The molecule has 2 heterocycles. The van der Waals surface area contributed by atoms with Gasteiger partial charge < -0.3 is 9.63 Å². The second-order valence-corrected chi connectivity index (χ2v) is 6.91. The summed E-state index contributed by atoms with van der Waals surface area (Å²) >= 11 is 0. The molecular weight excluding hydrogens is 393 g/mol. The highest BCUT2D eigenvalue weighted by molar-refractivity contribution is 5.74. The summed E-state index contributed by atoms with van der Waals surface area (Å²) in [5.41, 5.74) is 1.99. The number of rotatable bonds is 4. The van der Waals surface area contributed by atoms with Gasteiger partial charge in [0.15, 0.2) is 5.76 Å². The number of benzene rings is 2. The van der Waals surface area contributed by atoms with E-state index in [0.29, 0.717) is 16.9 Å². The molecule has 4 aromatic rings. The molecule has 30 heavy (non-hydrogen) atoms. The number of aliphatic hydroxyl groups is 1. The van der Waals surface area contributed by atoms with Crippen molar-refractivity contribution < 1.29 is 22.8 Å². The lowest BCUT2D eigenvalue weighted by atomic mass is 9.94. The van der Waals surface area contributed by atoms with E-state index in [4.69, 9.17) is 4.52 Å². The number of halogens is 3. The van der Waals surface area contributed by atoms with Crippen molar-refractivity contribution in [2.24, 2.45) is 0 Å². The van der Waals surface area contributed by atoms with E-state index < -0.39 is 17.8 Å². The molecule has 0 saturated heterocycles. The number of pyridine rings is 1. The monoisotopic (exact) mass is 410 g/mol. The van der Waals surface area contributed by atoms with Crippen LogP contribution in [0.5, 0.6) is 0 Å². The van der Waals surface area contributed by atoms with Crippen molar-refractivity contribution in [2.45, 2.75) is 19.2 Å². The topological polar surface area (TPSA) is 59.2 Å². The van der Waals surface area contributed by atoms with E-state index in [0.717, 1.165) is 17.7 Å². The second-order valence-electron chi connectivity index (χ2n) is 6.91. The van der Waals surface area contributed by atoms with Gasteiger partial charge in [-0.1, -0.05) is 53.2 Å². The van der Waals surface area contributed by atoms with Gasteiger partial charge in [0.25, 0.3) is 0 Å². The van der Waals surface area contributed by atoms with Crippen LogP contribution < -0.4 is 0 Å². The molecule has 1 atom stereocenters. The molecule has 2 aromatic heterocycles. The molecule has 0 bridgehead atoms. The highest BCUT2D eigenvalue weighted by Gasteiger charge is 2.32. The molecule has 0 spiro atoms. The summed E-state index contributed by atoms with van der Waals surface area (Å²) in [6.07, 6.45) is -2.63. The molecule has 0 aliphatic heterocycles. The standard InChI is InChI=1S/C23H17F3N2O2/c1-14-7-9-15(10-8-14)22-19(21(29)17-5-3-11-27-13-17)20(28-30-22)16-4-2-6-18(12-16)23(24,25)26/h2-13,21,29H,1H3/t21-/m1/s1. The zero-order chi connectivity index (χ0) is 21.3. The van der Waals surface area contributed by atoms with E-state index >= 15 is 0 Å². The van der Waals surface area contributed by atoms with E-state index in [1.807, 2.05) is 31.2 Å². The number of hydrogen-bond donors (Lipinski definition) is 1. The Balaban J connectivity index is 1.91. The van der Waals surface area contributed by atoms with Gasteiger partial charge in [0.1, 0.15) is 11.8 Å². The van der Waals surface area contributed by atoms with Crippen LogP contribution in [-0.2, 0) is 6.18 Å². The molecule has 152 valence electrons. The van der Waals surface area contributed by atoms with Crippen molar-refractivity contribution in [3.63, 3.8) is 0 Å². The van der Waals surface area contributed by atoms with Crippen LogP contribution in [0.3, 0.4) is 0 Å². The first-order valence-corrected chi connectivity index (χ1v) is 9.17. The van der Waals surface area contributed by atoms with Gasteiger partial charge in [-0.25, -0.2) is 0 Å². The summed E-state index contributed by atoms with van der Waals surface area (Å²) in [6, 6.07) is 15.5. The van der Waals surface area contributed by atoms with Crippen molar-refractivity contribution in [1.29, 1.82) is 0 Å². The fourth-order valence-electron chi connectivity index (χ4n) is 3.22. The Labute approximate surface area is 170 Å². The molecule has 0 aliphatic rings. The summed E-state index contributed by atoms with van der Waals surface area (Å²) in [5.74, 6) is 0.291. The minimum absolute atomic E-state index is 0.146. The molecular formula is C23H17F3N2O2. The average Bonchev–Trinajstić information content (AvgIpc) is 3.19. The highest BCUT2D eigenvalue weighted by atomic mass is 19.4. The molecule has 0 unspecified atom stereocenters. The summed E-state index contributed by atoms with van der Waals surface area (Å²) in [7, 11) is 0. The number of aryl methyl sites for hydroxylation is 1. The summed E-state index contributed by atoms with van der Waals surface area (Å²) in [6.45, 7) is 1.93. The summed E-state index contributed by atoms with van der Waals surface area (Å²) < 4.78 is 45.2. The maximum atomic E-state index is 13.2. The minimum Gasteiger partial charge on any atom is -0.383 e. The Morgan fingerprint density at radius 1 is 0.967 bits per heavy atom. The Morgan fingerprint density at radius 3 is 2.40 bits per heavy atom. The minimum atomic E-state index is -4.50. The molecule has 7 heteroatoms. The second kappa shape index (κ2) is 7.76. The van der Waals surface area contributed by atoms with Gasteiger partial charge >= 0.3 is 6.18 Å². The average molecular weight is 410 g/mol. The van der Waals surface area contributed by atoms with E-state index in [9.17, 15) is 18.3 Å². The molecule has 0 amide bonds. The lowest BCUT2D eigenvalue weighted by Gasteiger charge is -2.13. The third-order valence-electron chi connectivity index (χ3n) is 4.78. The lowest BCUT2D eigenvalue weighted by Crippen LogP contribution is -2.06. The van der Waals surface area contributed by atoms with Crippen LogP contribution in [0.1, 0.15) is 28.4 Å². The number of aromatic nitrogens is 2. The molecule has 0 radical (unpaired) electrons. The molecule has 0 aliphatic carbocycles. The quantitative estimate of drug-likeness (QED) is 0.461. The Bertz CT molecular complexity index is 1150. The van der Waals surface area contributed by atoms with Crippen LogP contribution in [-0.4, -0.2) is 15.2 Å². The number of nitrogens with zero attached hydrogens (tertiary/aromatic N) is 2. The first-order chi connectivity index (χ1) is 14.3. The van der Waals surface area contributed by atoms with Gasteiger partial charge in [-0.3, -0.25) is 4.98 Å². The van der Waals surface area contributed by atoms with Gasteiger partial charge in [-0.15, -0.1) is 0 Å². The third kappa shape index (κ3) is 3.84. The third-order valence-corrected chi connectivity index (χ3v) is 4.78. The van der Waals surface area contributed by atoms with Crippen molar-refractivity contribution in [2.75, 3.05) is 0 Å². The van der Waals surface area contributed by atoms with Crippen molar-refractivity contribution in [3.8, 4) is 22.6 Å². The Kier molecular flexibility index (Phi) is 5.13. The number of hydrogen-bond acceptors (Lipinski definition) is 4. The smallest absolute Gasteiger partial charge is 0.383 e. The Morgan fingerprint density at radius 2 is 1.73 bits per heavy atom. The molecule has 4 nitrogen and oxygen atoms in total. The number of aliphatic hydroxyl groups excluding tert-OH is 1. The van der Waals surface area contributed by atoms with Gasteiger partial charge in [0, 0.05) is 29.1 Å². The Hall–Kier alpha value is -3.45. The van der Waals surface area contributed by atoms with Crippen LogP contribution in [0.15, 0.2) is 77.6 Å². The van der Waals surface area contributed by atoms with E-state index in [-0.39, 0.29) is 16.8 Å². The number of alkyl halides is 3. The molecule has 1 N–H and O–H groups in total. The van der Waals surface area contributed by atoms with Gasteiger partial charge in [-0.2, -0.15) is 13.2 Å². The van der Waals surface area contributed by atoms with E-state index in [1.165, 1.54) is 18.3 Å². The van der Waals surface area contributed by atoms with E-state index in [1.54, 1.807) is 18.3 Å². The largest absolute Gasteiger partial charge is 0.416 e. The van der Waals surface area contributed by atoms with Crippen LogP contribution >= 0.6 is 0 Å². The van der Waals surface area contributed by atoms with Crippen molar-refractivity contribution in [1.82, 2.24) is 10.1 Å². The molecule has 4 rings (SSSR count). The van der Waals surface area contributed by atoms with Crippen LogP contribution in [0.25, 0.3) is 22.6 Å². The highest BCUT2D eigenvalue weighted by Crippen LogP contribution is 2.40. The molecule has 0 fully saturated rings. The first kappa shape index (κ1) is 19.8. The maximum Gasteiger partial charge on any atom is 0.416 e. The molecule has 2 aromatic carbocycles. The fourth-order valence-corrected chi connectivity index (χ4v) is 3.22. The summed E-state index contributed by atoms with van der Waals surface area (Å²) in [5, 5.41) is 15.1. The van der Waals surface area contributed by atoms with Crippen LogP contribution in [0, 0.1) is 6.92 Å². The van der Waals surface area contributed by atoms with Crippen LogP contribution in [0.4, 0.5) is 13.2 Å². The first-order valence-electron chi connectivity index (χ1n) is 9.17. The van der Waals surface area contributed by atoms with Crippen molar-refractivity contribution >= 4 is 0 Å². The van der Waals surface area contributed by atoms with Crippen molar-refractivity contribution in [3.05, 3.63) is 95.3 Å².